The third-order valence-corrected chi connectivity index (χ3v) is 9.22. The van der Waals surface area contributed by atoms with Gasteiger partial charge in [0.25, 0.3) is 11.8 Å². The van der Waals surface area contributed by atoms with Crippen molar-refractivity contribution >= 4 is 35.5 Å². The molecule has 7 N–H and O–H groups in total. The normalized spacial score (nSPS) is 19.4. The lowest BCUT2D eigenvalue weighted by Crippen LogP contribution is -2.56. The zero-order valence-electron chi connectivity index (χ0n) is 28.6. The van der Waals surface area contributed by atoms with Gasteiger partial charge >= 0.3 is 6.09 Å². The van der Waals surface area contributed by atoms with Crippen LogP contribution in [0.2, 0.25) is 0 Å². The molecule has 1 saturated carbocycles. The predicted molar refractivity (Wildman–Crippen MR) is 174 cm³/mol. The lowest BCUT2D eigenvalue weighted by Gasteiger charge is -2.32. The minimum absolute atomic E-state index is 0.0106. The summed E-state index contributed by atoms with van der Waals surface area (Å²) in [5, 5.41) is 43.0. The second kappa shape index (κ2) is 16.6. The van der Waals surface area contributed by atoms with E-state index in [4.69, 9.17) is 10.8 Å². The van der Waals surface area contributed by atoms with Crippen LogP contribution in [0.5, 0.6) is 0 Å². The van der Waals surface area contributed by atoms with E-state index in [0.717, 1.165) is 32.1 Å². The highest BCUT2D eigenvalue weighted by Gasteiger charge is 2.45. The molecule has 4 atom stereocenters. The Hall–Kier alpha value is -4.94. The standard InChI is InChI=1S/C31H47N11O8/c1-31(2,50)24-15-34-38-42(24)19-14-23(28(46)35-20(25(43)26(32)44)11-7-8-12-33-30(48)49)41(16-19)29(47)21(13-18-9-5-4-6-10-18)36-27(45)22-17-40(3)39-37-22/h15,17-21,23,33,50H,4-14,16H2,1-3H3,(H2,32,44)(H,35,46)(H,36,45)(H,48,49)/t19-,20?,21+,23-/m0/s1. The molecule has 1 saturated heterocycles. The van der Waals surface area contributed by atoms with Crippen LogP contribution in [0.1, 0.15) is 100 Å². The average Bonchev–Trinajstić information content (AvgIpc) is 3.83. The Morgan fingerprint density at radius 2 is 1.76 bits per heavy atom. The molecule has 19 heteroatoms. The maximum Gasteiger partial charge on any atom is 0.404 e. The molecule has 4 rings (SSSR count). The minimum atomic E-state index is -1.36. The lowest BCUT2D eigenvalue weighted by molar-refractivity contribution is -0.142. The van der Waals surface area contributed by atoms with Gasteiger partial charge < -0.3 is 36.8 Å². The molecular weight excluding hydrogens is 654 g/mol. The van der Waals surface area contributed by atoms with Crippen molar-refractivity contribution in [1.29, 1.82) is 0 Å². The number of aromatic nitrogens is 6. The molecule has 19 nitrogen and oxygen atoms in total. The number of nitrogens with one attached hydrogen (secondary N) is 3. The van der Waals surface area contributed by atoms with Gasteiger partial charge in [-0.2, -0.15) is 0 Å². The van der Waals surface area contributed by atoms with Gasteiger partial charge in [0.1, 0.15) is 17.7 Å². The average molecular weight is 702 g/mol. The number of likely N-dealkylation sites (tertiary alicyclic amines) is 1. The number of nitrogens with two attached hydrogens (primary N) is 1. The smallest absolute Gasteiger partial charge is 0.404 e. The van der Waals surface area contributed by atoms with E-state index in [0.29, 0.717) is 18.5 Å². The van der Waals surface area contributed by atoms with Crippen LogP contribution in [-0.2, 0) is 31.8 Å². The number of aliphatic hydroxyl groups is 1. The largest absolute Gasteiger partial charge is 0.465 e. The first-order chi connectivity index (χ1) is 23.6. The summed E-state index contributed by atoms with van der Waals surface area (Å²) in [7, 11) is 1.61. The number of hydrogen-bond donors (Lipinski definition) is 6. The van der Waals surface area contributed by atoms with Crippen LogP contribution in [0, 0.1) is 5.92 Å². The fraction of sp³-hybridized carbons (Fsp3) is 0.677. The van der Waals surface area contributed by atoms with Gasteiger partial charge in [-0.3, -0.25) is 28.7 Å². The Kier molecular flexibility index (Phi) is 12.6. The molecule has 1 aliphatic heterocycles. The molecule has 2 aromatic heterocycles. The highest BCUT2D eigenvalue weighted by Crippen LogP contribution is 2.33. The number of hydrogen-bond acceptors (Lipinski definition) is 11. The molecule has 1 unspecified atom stereocenters. The second-order valence-corrected chi connectivity index (χ2v) is 13.6. The van der Waals surface area contributed by atoms with Gasteiger partial charge in [0.05, 0.1) is 30.2 Å². The summed E-state index contributed by atoms with van der Waals surface area (Å²) in [4.78, 5) is 78.6. The number of carbonyl (C=O) groups excluding carboxylic acids is 5. The summed E-state index contributed by atoms with van der Waals surface area (Å²) in [6, 6.07) is -4.16. The molecule has 5 amide bonds. The SMILES string of the molecule is Cn1cc(C(=O)N[C@H](CC2CCCCC2)C(=O)N2C[C@@H](n3nncc3C(C)(C)O)C[C@H]2C(=O)NC(CCCCNC(=O)O)C(=O)C(N)=O)nn1. The number of Topliss-reactive ketones (excluding diaryl/α,β-unsaturated/α-hetero) is 1. The Bertz CT molecular complexity index is 1540. The summed E-state index contributed by atoms with van der Waals surface area (Å²) in [5.41, 5.74) is 4.30. The molecule has 274 valence electrons. The van der Waals surface area contributed by atoms with Gasteiger partial charge in [0.15, 0.2) is 5.69 Å². The third kappa shape index (κ3) is 9.82. The Labute approximate surface area is 288 Å². The lowest BCUT2D eigenvalue weighted by atomic mass is 9.84. The molecule has 50 heavy (non-hydrogen) atoms. The second-order valence-electron chi connectivity index (χ2n) is 13.6. The number of primary amides is 1. The van der Waals surface area contributed by atoms with Gasteiger partial charge in [0, 0.05) is 26.6 Å². The fourth-order valence-corrected chi connectivity index (χ4v) is 6.67. The van der Waals surface area contributed by atoms with Crippen LogP contribution in [0.3, 0.4) is 0 Å². The number of carbonyl (C=O) groups is 6. The van der Waals surface area contributed by atoms with Gasteiger partial charge in [-0.25, -0.2) is 9.48 Å². The van der Waals surface area contributed by atoms with E-state index in [1.165, 1.54) is 26.7 Å². The summed E-state index contributed by atoms with van der Waals surface area (Å²) in [6.07, 6.45) is 7.36. The van der Waals surface area contributed by atoms with Crippen molar-refractivity contribution in [2.24, 2.45) is 18.7 Å². The van der Waals surface area contributed by atoms with E-state index in [2.05, 4.69) is 36.6 Å². The van der Waals surface area contributed by atoms with Crippen LogP contribution >= 0.6 is 0 Å². The Balaban J connectivity index is 1.63. The number of carboxylic acid groups (broad SMARTS) is 1. The summed E-state index contributed by atoms with van der Waals surface area (Å²) in [5.74, 6) is -4.01. The van der Waals surface area contributed by atoms with Crippen molar-refractivity contribution in [2.75, 3.05) is 13.1 Å². The van der Waals surface area contributed by atoms with E-state index in [9.17, 15) is 33.9 Å². The summed E-state index contributed by atoms with van der Waals surface area (Å²) >= 11 is 0. The zero-order valence-corrected chi connectivity index (χ0v) is 28.6. The summed E-state index contributed by atoms with van der Waals surface area (Å²) < 4.78 is 2.83. The zero-order chi connectivity index (χ0) is 36.6. The fourth-order valence-electron chi connectivity index (χ4n) is 6.67. The highest BCUT2D eigenvalue weighted by molar-refractivity contribution is 6.37. The van der Waals surface area contributed by atoms with Crippen LogP contribution < -0.4 is 21.7 Å². The Morgan fingerprint density at radius 1 is 1.04 bits per heavy atom. The first-order valence-electron chi connectivity index (χ1n) is 16.9. The van der Waals surface area contributed by atoms with E-state index < -0.39 is 65.3 Å². The van der Waals surface area contributed by atoms with Gasteiger partial charge in [0.2, 0.25) is 17.6 Å². The number of amides is 5. The van der Waals surface area contributed by atoms with E-state index >= 15 is 0 Å². The molecule has 1 aliphatic carbocycles. The summed E-state index contributed by atoms with van der Waals surface area (Å²) in [6.45, 7) is 3.16. The number of ketones is 1. The molecule has 0 aromatic carbocycles. The van der Waals surface area contributed by atoms with Crippen molar-refractivity contribution in [3.05, 3.63) is 23.8 Å². The minimum Gasteiger partial charge on any atom is -0.465 e. The maximum absolute atomic E-state index is 14.5. The number of unbranched alkanes of at least 4 members (excludes halogenated alkanes) is 1. The molecule has 0 bridgehead atoms. The predicted octanol–water partition coefficient (Wildman–Crippen LogP) is -0.478. The molecule has 2 fully saturated rings. The van der Waals surface area contributed by atoms with Crippen molar-refractivity contribution in [3.8, 4) is 0 Å². The molecule has 2 aromatic rings. The van der Waals surface area contributed by atoms with Crippen molar-refractivity contribution in [2.45, 2.75) is 108 Å². The molecule has 3 heterocycles. The van der Waals surface area contributed by atoms with E-state index in [-0.39, 0.29) is 44.0 Å². The molecule has 0 radical (unpaired) electrons. The van der Waals surface area contributed by atoms with Crippen molar-refractivity contribution in [1.82, 2.24) is 50.8 Å². The molecular formula is C31H47N11O8. The third-order valence-electron chi connectivity index (χ3n) is 9.22. The Morgan fingerprint density at radius 3 is 2.38 bits per heavy atom. The first-order valence-corrected chi connectivity index (χ1v) is 16.9. The molecule has 0 spiro atoms. The monoisotopic (exact) mass is 701 g/mol. The quantitative estimate of drug-likeness (QED) is 0.0957. The van der Waals surface area contributed by atoms with E-state index in [1.807, 2.05) is 0 Å². The number of nitrogens with zero attached hydrogens (tertiary/aromatic N) is 7. The van der Waals surface area contributed by atoms with E-state index in [1.54, 1.807) is 20.9 Å². The van der Waals surface area contributed by atoms with Crippen LogP contribution in [0.15, 0.2) is 12.4 Å². The van der Waals surface area contributed by atoms with Gasteiger partial charge in [-0.1, -0.05) is 42.5 Å². The molecule has 2 aliphatic rings. The van der Waals surface area contributed by atoms with Crippen LogP contribution in [0.25, 0.3) is 0 Å². The first kappa shape index (κ1) is 37.9. The van der Waals surface area contributed by atoms with Crippen molar-refractivity contribution < 1.29 is 39.0 Å². The van der Waals surface area contributed by atoms with Crippen LogP contribution in [-0.4, -0.2) is 112 Å². The number of aryl methyl sites for hydroxylation is 1. The number of rotatable bonds is 16. The van der Waals surface area contributed by atoms with Gasteiger partial charge in [-0.15, -0.1) is 10.2 Å². The van der Waals surface area contributed by atoms with Gasteiger partial charge in [-0.05, 0) is 45.4 Å². The highest BCUT2D eigenvalue weighted by atomic mass is 16.4. The van der Waals surface area contributed by atoms with Crippen LogP contribution in [0.4, 0.5) is 4.79 Å². The maximum atomic E-state index is 14.5. The van der Waals surface area contributed by atoms with Crippen molar-refractivity contribution in [3.63, 3.8) is 0 Å². The topological polar surface area (TPSA) is 270 Å².